The molecule has 0 spiro atoms. The minimum absolute atomic E-state index is 0.270. The van der Waals surface area contributed by atoms with Gasteiger partial charge in [0.05, 0.1) is 0 Å². The standard InChI is InChI=1S/C21H15ClO3S/c22-18-9-5-4-8-17(18)14-10-12-15(13-11-14)19(20(23)24)26-21(25)16-6-2-1-3-7-16/h1-13,19H,(H,23,24). The molecule has 0 saturated heterocycles. The first kappa shape index (κ1) is 18.2. The Hall–Kier alpha value is -2.56. The monoisotopic (exact) mass is 382 g/mol. The molecule has 0 aromatic heterocycles. The highest BCUT2D eigenvalue weighted by Gasteiger charge is 2.24. The minimum atomic E-state index is -1.05. The van der Waals surface area contributed by atoms with Crippen LogP contribution in [0.3, 0.4) is 0 Å². The lowest BCUT2D eigenvalue weighted by Gasteiger charge is -2.13. The summed E-state index contributed by atoms with van der Waals surface area (Å²) in [5.41, 5.74) is 2.81. The molecule has 0 bridgehead atoms. The number of halogens is 1. The molecule has 0 amide bonds. The molecule has 3 nitrogen and oxygen atoms in total. The van der Waals surface area contributed by atoms with Crippen LogP contribution >= 0.6 is 23.4 Å². The highest BCUT2D eigenvalue weighted by molar-refractivity contribution is 8.14. The third-order valence-corrected chi connectivity index (χ3v) is 5.35. The van der Waals surface area contributed by atoms with Gasteiger partial charge < -0.3 is 5.11 Å². The second-order valence-corrected chi connectivity index (χ2v) is 7.08. The second kappa shape index (κ2) is 8.21. The third kappa shape index (κ3) is 4.15. The molecule has 1 N–H and O–H groups in total. The Bertz CT molecular complexity index is 924. The van der Waals surface area contributed by atoms with Gasteiger partial charge in [-0.2, -0.15) is 0 Å². The maximum atomic E-state index is 12.3. The maximum absolute atomic E-state index is 12.3. The van der Waals surface area contributed by atoms with E-state index in [2.05, 4.69) is 0 Å². The fourth-order valence-electron chi connectivity index (χ4n) is 2.54. The van der Waals surface area contributed by atoms with E-state index in [9.17, 15) is 14.7 Å². The van der Waals surface area contributed by atoms with Crippen molar-refractivity contribution in [1.82, 2.24) is 0 Å². The van der Waals surface area contributed by atoms with E-state index in [4.69, 9.17) is 11.6 Å². The number of carbonyl (C=O) groups is 2. The molecule has 0 saturated carbocycles. The third-order valence-electron chi connectivity index (χ3n) is 3.86. The quantitative estimate of drug-likeness (QED) is 0.614. The summed E-state index contributed by atoms with van der Waals surface area (Å²) in [6.45, 7) is 0. The van der Waals surface area contributed by atoms with Crippen LogP contribution in [0.15, 0.2) is 78.9 Å². The number of rotatable bonds is 5. The molecule has 0 heterocycles. The summed E-state index contributed by atoms with van der Waals surface area (Å²) in [4.78, 5) is 24.0. The van der Waals surface area contributed by atoms with E-state index in [1.807, 2.05) is 36.4 Å². The Balaban J connectivity index is 1.84. The van der Waals surface area contributed by atoms with Crippen LogP contribution in [0.2, 0.25) is 5.02 Å². The van der Waals surface area contributed by atoms with Gasteiger partial charge in [-0.15, -0.1) is 0 Å². The van der Waals surface area contributed by atoms with Crippen LogP contribution in [0.4, 0.5) is 0 Å². The Morgan fingerprint density at radius 1 is 0.846 bits per heavy atom. The van der Waals surface area contributed by atoms with Crippen molar-refractivity contribution in [1.29, 1.82) is 0 Å². The van der Waals surface area contributed by atoms with Crippen LogP contribution < -0.4 is 0 Å². The lowest BCUT2D eigenvalue weighted by molar-refractivity contribution is -0.136. The normalized spacial score (nSPS) is 11.7. The van der Waals surface area contributed by atoms with E-state index in [-0.39, 0.29) is 5.12 Å². The summed E-state index contributed by atoms with van der Waals surface area (Å²) in [6, 6.07) is 23.2. The van der Waals surface area contributed by atoms with Crippen molar-refractivity contribution >= 4 is 34.4 Å². The zero-order valence-electron chi connectivity index (χ0n) is 13.6. The van der Waals surface area contributed by atoms with Crippen molar-refractivity contribution in [3.63, 3.8) is 0 Å². The molecule has 1 unspecified atom stereocenters. The summed E-state index contributed by atoms with van der Waals surface area (Å²) in [5, 5.41) is 8.95. The van der Waals surface area contributed by atoms with E-state index in [0.29, 0.717) is 16.1 Å². The summed E-state index contributed by atoms with van der Waals surface area (Å²) in [6.07, 6.45) is 0. The van der Waals surface area contributed by atoms with E-state index < -0.39 is 11.2 Å². The van der Waals surface area contributed by atoms with Crippen LogP contribution in [0.5, 0.6) is 0 Å². The number of benzene rings is 3. The molecule has 3 rings (SSSR count). The highest BCUT2D eigenvalue weighted by atomic mass is 35.5. The summed E-state index contributed by atoms with van der Waals surface area (Å²) in [7, 11) is 0. The number of carbonyl (C=O) groups excluding carboxylic acids is 1. The number of carboxylic acid groups (broad SMARTS) is 1. The van der Waals surface area contributed by atoms with Gasteiger partial charge in [-0.3, -0.25) is 9.59 Å². The zero-order valence-corrected chi connectivity index (χ0v) is 15.2. The van der Waals surface area contributed by atoms with Crippen LogP contribution in [0.25, 0.3) is 11.1 Å². The number of hydrogen-bond acceptors (Lipinski definition) is 3. The Morgan fingerprint density at radius 3 is 2.08 bits per heavy atom. The summed E-state index contributed by atoms with van der Waals surface area (Å²) < 4.78 is 0. The molecule has 1 atom stereocenters. The van der Waals surface area contributed by atoms with Crippen LogP contribution in [0.1, 0.15) is 21.2 Å². The first-order chi connectivity index (χ1) is 12.6. The van der Waals surface area contributed by atoms with E-state index in [1.165, 1.54) is 0 Å². The fourth-order valence-corrected chi connectivity index (χ4v) is 3.67. The van der Waals surface area contributed by atoms with Gasteiger partial charge in [0.15, 0.2) is 0 Å². The summed E-state index contributed by atoms with van der Waals surface area (Å²) in [5.74, 6) is -1.05. The molecule has 0 radical (unpaired) electrons. The van der Waals surface area contributed by atoms with Crippen molar-refractivity contribution in [2.24, 2.45) is 0 Å². The average Bonchev–Trinajstić information content (AvgIpc) is 2.67. The number of carboxylic acids is 1. The number of thioether (sulfide) groups is 1. The average molecular weight is 383 g/mol. The largest absolute Gasteiger partial charge is 0.480 e. The predicted molar refractivity (Wildman–Crippen MR) is 106 cm³/mol. The van der Waals surface area contributed by atoms with Gasteiger partial charge in [-0.25, -0.2) is 0 Å². The lowest BCUT2D eigenvalue weighted by Crippen LogP contribution is -2.11. The van der Waals surface area contributed by atoms with E-state index >= 15 is 0 Å². The molecule has 5 heteroatoms. The van der Waals surface area contributed by atoms with Gasteiger partial charge in [-0.05, 0) is 17.2 Å². The highest BCUT2D eigenvalue weighted by Crippen LogP contribution is 2.34. The Morgan fingerprint density at radius 2 is 1.46 bits per heavy atom. The smallest absolute Gasteiger partial charge is 0.321 e. The van der Waals surface area contributed by atoms with Crippen molar-refractivity contribution < 1.29 is 14.7 Å². The Kier molecular flexibility index (Phi) is 5.76. The first-order valence-electron chi connectivity index (χ1n) is 7.90. The van der Waals surface area contributed by atoms with Gasteiger partial charge in [0, 0.05) is 16.1 Å². The van der Waals surface area contributed by atoms with Gasteiger partial charge in [0.25, 0.3) is 0 Å². The minimum Gasteiger partial charge on any atom is -0.480 e. The maximum Gasteiger partial charge on any atom is 0.321 e. The SMILES string of the molecule is O=C(SC(C(=O)O)c1ccc(-c2ccccc2Cl)cc1)c1ccccc1. The van der Waals surface area contributed by atoms with Gasteiger partial charge in [0.2, 0.25) is 5.12 Å². The van der Waals surface area contributed by atoms with Crippen molar-refractivity contribution in [3.05, 3.63) is 95.0 Å². The molecule has 0 aliphatic rings. The molecule has 130 valence electrons. The fraction of sp³-hybridized carbons (Fsp3) is 0.0476. The lowest BCUT2D eigenvalue weighted by atomic mass is 10.0. The van der Waals surface area contributed by atoms with Gasteiger partial charge in [0.1, 0.15) is 5.25 Å². The predicted octanol–water partition coefficient (Wildman–Crippen LogP) is 5.71. The van der Waals surface area contributed by atoms with E-state index in [1.54, 1.807) is 42.5 Å². The van der Waals surface area contributed by atoms with Crippen molar-refractivity contribution in [3.8, 4) is 11.1 Å². The number of aliphatic carboxylic acids is 1. The van der Waals surface area contributed by atoms with E-state index in [0.717, 1.165) is 22.9 Å². The molecule has 3 aromatic carbocycles. The second-order valence-electron chi connectivity index (χ2n) is 5.59. The first-order valence-corrected chi connectivity index (χ1v) is 9.16. The number of hydrogen-bond donors (Lipinski definition) is 1. The molecule has 0 aliphatic heterocycles. The summed E-state index contributed by atoms with van der Waals surface area (Å²) >= 11 is 7.00. The molecule has 0 aliphatic carbocycles. The molecule has 3 aromatic rings. The van der Waals surface area contributed by atoms with Crippen LogP contribution in [-0.2, 0) is 4.79 Å². The van der Waals surface area contributed by atoms with Crippen LogP contribution in [0, 0.1) is 0 Å². The topological polar surface area (TPSA) is 54.4 Å². The van der Waals surface area contributed by atoms with Gasteiger partial charge in [-0.1, -0.05) is 96.2 Å². The Labute approximate surface area is 160 Å². The van der Waals surface area contributed by atoms with Gasteiger partial charge >= 0.3 is 5.97 Å². The molecule has 0 fully saturated rings. The molecular weight excluding hydrogens is 368 g/mol. The van der Waals surface area contributed by atoms with Crippen molar-refractivity contribution in [2.45, 2.75) is 5.25 Å². The van der Waals surface area contributed by atoms with Crippen molar-refractivity contribution in [2.75, 3.05) is 0 Å². The van der Waals surface area contributed by atoms with Crippen LogP contribution in [-0.4, -0.2) is 16.2 Å². The zero-order chi connectivity index (χ0) is 18.5. The molecule has 26 heavy (non-hydrogen) atoms. The molecular formula is C21H15ClO3S.